The summed E-state index contributed by atoms with van der Waals surface area (Å²) < 4.78 is 0. The zero-order valence-electron chi connectivity index (χ0n) is 21.7. The Morgan fingerprint density at radius 1 is 0.795 bits per heavy atom. The summed E-state index contributed by atoms with van der Waals surface area (Å²) in [5.41, 5.74) is 1.53. The van der Waals surface area contributed by atoms with Gasteiger partial charge in [0.05, 0.1) is 35.7 Å². The first kappa shape index (κ1) is 35.0. The number of nitrogens with two attached hydrogens (primary N) is 4. The molecule has 39 heavy (non-hydrogen) atoms. The van der Waals surface area contributed by atoms with E-state index in [9.17, 15) is 24.6 Å². The molecule has 0 aliphatic carbocycles. The van der Waals surface area contributed by atoms with Crippen LogP contribution >= 0.6 is 0 Å². The van der Waals surface area contributed by atoms with Gasteiger partial charge in [0, 0.05) is 6.92 Å². The maximum absolute atomic E-state index is 11.5. The monoisotopic (exact) mass is 552 g/mol. The number of nitrogen functional groups attached to an aromatic ring is 2. The van der Waals surface area contributed by atoms with Crippen molar-refractivity contribution < 1.29 is 39.6 Å². The molecule has 0 spiro atoms. The first-order chi connectivity index (χ1) is 18.1. The van der Waals surface area contributed by atoms with Gasteiger partial charge in [0.15, 0.2) is 23.5 Å². The summed E-state index contributed by atoms with van der Waals surface area (Å²) in [4.78, 5) is 41.6. The summed E-state index contributed by atoms with van der Waals surface area (Å²) in [5.74, 6) is 19.9. The maximum Gasteiger partial charge on any atom is 0.267 e. The SMILES string of the molecule is CC(=O)C=O.CC(O)(CO)N(N)c1ccccc1C(=O)NN.CC(O)(CO)N(N)c1ccccc1C(=O)NN. The van der Waals surface area contributed by atoms with Crippen molar-refractivity contribution in [2.45, 2.75) is 32.2 Å². The summed E-state index contributed by atoms with van der Waals surface area (Å²) >= 11 is 0. The molecule has 0 fully saturated rings. The molecule has 0 aliphatic rings. The van der Waals surface area contributed by atoms with Gasteiger partial charge in [-0.3, -0.25) is 40.0 Å². The summed E-state index contributed by atoms with van der Waals surface area (Å²) in [7, 11) is 0. The van der Waals surface area contributed by atoms with E-state index in [1.807, 2.05) is 10.9 Å². The van der Waals surface area contributed by atoms with Gasteiger partial charge in [-0.15, -0.1) is 0 Å². The molecular weight excluding hydrogens is 516 g/mol. The maximum atomic E-state index is 11.5. The molecule has 216 valence electrons. The lowest BCUT2D eigenvalue weighted by Gasteiger charge is -2.34. The second kappa shape index (κ2) is 16.1. The van der Waals surface area contributed by atoms with Crippen LogP contribution in [-0.2, 0) is 9.59 Å². The Balaban J connectivity index is 0.000000632. The number of aliphatic hydroxyl groups excluding tert-OH is 2. The number of aldehydes is 1. The van der Waals surface area contributed by atoms with Crippen LogP contribution in [0, 0.1) is 0 Å². The largest absolute Gasteiger partial charge is 0.391 e. The average Bonchev–Trinajstić information content (AvgIpc) is 2.95. The molecule has 0 aromatic heterocycles. The number of ketones is 1. The molecule has 2 amide bonds. The lowest BCUT2D eigenvalue weighted by Crippen LogP contribution is -2.54. The number of carbonyl (C=O) groups excluding carboxylic acids is 4. The highest BCUT2D eigenvalue weighted by atomic mass is 16.4. The predicted molar refractivity (Wildman–Crippen MR) is 142 cm³/mol. The molecule has 0 saturated heterocycles. The highest BCUT2D eigenvalue weighted by Gasteiger charge is 2.30. The van der Waals surface area contributed by atoms with Crippen LogP contribution < -0.4 is 44.2 Å². The highest BCUT2D eigenvalue weighted by Crippen LogP contribution is 2.24. The van der Waals surface area contributed by atoms with Crippen LogP contribution in [0.4, 0.5) is 11.4 Å². The van der Waals surface area contributed by atoms with Crippen LogP contribution in [0.15, 0.2) is 48.5 Å². The third-order valence-corrected chi connectivity index (χ3v) is 4.88. The first-order valence-electron chi connectivity index (χ1n) is 11.1. The number of nitrogens with zero attached hydrogens (tertiary/aromatic N) is 2. The van der Waals surface area contributed by atoms with E-state index in [4.69, 9.17) is 38.4 Å². The molecule has 2 aromatic rings. The molecule has 2 aromatic carbocycles. The van der Waals surface area contributed by atoms with E-state index in [0.29, 0.717) is 0 Å². The number of aliphatic hydroxyl groups is 4. The van der Waals surface area contributed by atoms with Crippen molar-refractivity contribution in [2.24, 2.45) is 23.4 Å². The molecule has 2 unspecified atom stereocenters. The number of nitrogens with one attached hydrogen (secondary N) is 2. The molecule has 0 heterocycles. The van der Waals surface area contributed by atoms with E-state index >= 15 is 0 Å². The van der Waals surface area contributed by atoms with Gasteiger partial charge in [-0.1, -0.05) is 24.3 Å². The summed E-state index contributed by atoms with van der Waals surface area (Å²) in [6, 6.07) is 12.6. The van der Waals surface area contributed by atoms with Gasteiger partial charge in [0.1, 0.15) is 0 Å². The number of carbonyl (C=O) groups is 4. The number of rotatable bonds is 9. The summed E-state index contributed by atoms with van der Waals surface area (Å²) in [5, 5.41) is 39.5. The van der Waals surface area contributed by atoms with Crippen LogP contribution in [-0.4, -0.2) is 69.0 Å². The van der Waals surface area contributed by atoms with Crippen molar-refractivity contribution in [1.82, 2.24) is 10.9 Å². The van der Waals surface area contributed by atoms with Crippen molar-refractivity contribution in [3.05, 3.63) is 59.7 Å². The van der Waals surface area contributed by atoms with E-state index in [1.165, 1.54) is 45.0 Å². The smallest absolute Gasteiger partial charge is 0.267 e. The van der Waals surface area contributed by atoms with Crippen molar-refractivity contribution in [2.75, 3.05) is 23.2 Å². The van der Waals surface area contributed by atoms with Crippen molar-refractivity contribution in [3.63, 3.8) is 0 Å². The third kappa shape index (κ3) is 10.3. The van der Waals surface area contributed by atoms with Crippen LogP contribution in [0.1, 0.15) is 41.5 Å². The van der Waals surface area contributed by atoms with Gasteiger partial charge in [-0.2, -0.15) is 0 Å². The Hall–Kier alpha value is -4.00. The fraction of sp³-hybridized carbons (Fsp3) is 0.304. The molecule has 2 rings (SSSR count). The highest BCUT2D eigenvalue weighted by molar-refractivity contribution is 6.23. The molecule has 0 bridgehead atoms. The Kier molecular flexibility index (Phi) is 14.4. The van der Waals surface area contributed by atoms with E-state index in [1.54, 1.807) is 24.3 Å². The van der Waals surface area contributed by atoms with Gasteiger partial charge in [-0.25, -0.2) is 23.4 Å². The zero-order chi connectivity index (χ0) is 30.4. The Morgan fingerprint density at radius 2 is 1.08 bits per heavy atom. The van der Waals surface area contributed by atoms with E-state index in [-0.39, 0.29) is 28.8 Å². The molecular formula is C23H36N8O8. The number of para-hydroxylation sites is 2. The van der Waals surface area contributed by atoms with Crippen molar-refractivity contribution in [3.8, 4) is 0 Å². The Morgan fingerprint density at radius 3 is 1.31 bits per heavy atom. The number of anilines is 2. The minimum Gasteiger partial charge on any atom is -0.391 e. The molecule has 2 atom stereocenters. The number of hydrogen-bond acceptors (Lipinski definition) is 14. The van der Waals surface area contributed by atoms with Crippen LogP contribution in [0.2, 0.25) is 0 Å². The van der Waals surface area contributed by atoms with E-state index in [0.717, 1.165) is 10.0 Å². The second-order valence-electron chi connectivity index (χ2n) is 8.20. The van der Waals surface area contributed by atoms with Gasteiger partial charge in [-0.05, 0) is 38.1 Å². The van der Waals surface area contributed by atoms with Crippen LogP contribution in [0.5, 0.6) is 0 Å². The van der Waals surface area contributed by atoms with Crippen LogP contribution in [0.25, 0.3) is 0 Å². The lowest BCUT2D eigenvalue weighted by molar-refractivity contribution is -0.128. The molecule has 0 saturated carbocycles. The Labute approximate surface area is 224 Å². The van der Waals surface area contributed by atoms with Gasteiger partial charge in [0.25, 0.3) is 11.8 Å². The topological polar surface area (TPSA) is 284 Å². The van der Waals surface area contributed by atoms with Crippen LogP contribution in [0.3, 0.4) is 0 Å². The zero-order valence-corrected chi connectivity index (χ0v) is 21.7. The van der Waals surface area contributed by atoms with Crippen molar-refractivity contribution in [1.29, 1.82) is 0 Å². The fourth-order valence-electron chi connectivity index (χ4n) is 2.58. The quantitative estimate of drug-likeness (QED) is 0.0373. The van der Waals surface area contributed by atoms with Crippen molar-refractivity contribution >= 4 is 35.3 Å². The standard InChI is InChI=1S/2C10H16N4O3.C3H4O2/c2*1-10(17,6-15)14(12)8-5-3-2-4-7(8)9(16)13-11;1-3(5)2-4/h2*2-5,15,17H,6,11-12H2,1H3,(H,13,16);2H,1H3. The summed E-state index contributed by atoms with van der Waals surface area (Å²) in [6.07, 6.45) is 0.278. The normalized spacial score (nSPS) is 13.0. The van der Waals surface area contributed by atoms with Gasteiger partial charge < -0.3 is 20.4 Å². The van der Waals surface area contributed by atoms with E-state index < -0.39 is 42.3 Å². The third-order valence-electron chi connectivity index (χ3n) is 4.88. The summed E-state index contributed by atoms with van der Waals surface area (Å²) in [6.45, 7) is 2.70. The molecule has 0 aliphatic heterocycles. The second-order valence-corrected chi connectivity index (χ2v) is 8.20. The average molecular weight is 553 g/mol. The number of hydrogen-bond donors (Lipinski definition) is 10. The van der Waals surface area contributed by atoms with E-state index in [2.05, 4.69) is 0 Å². The number of amides is 2. The fourth-order valence-corrected chi connectivity index (χ4v) is 2.58. The minimum absolute atomic E-state index is 0.200. The molecule has 16 nitrogen and oxygen atoms in total. The lowest BCUT2D eigenvalue weighted by atomic mass is 10.1. The number of benzene rings is 2. The number of hydrazine groups is 4. The number of Topliss-reactive ketones (excluding diaryl/α,β-unsaturated/α-hetero) is 1. The first-order valence-corrected chi connectivity index (χ1v) is 11.1. The molecule has 16 heteroatoms. The molecule has 0 radical (unpaired) electrons. The molecule has 14 N–H and O–H groups in total. The predicted octanol–water partition coefficient (Wildman–Crippen LogP) is -2.88. The minimum atomic E-state index is -1.68. The van der Waals surface area contributed by atoms with Gasteiger partial charge >= 0.3 is 0 Å². The Bertz CT molecular complexity index is 1040. The van der Waals surface area contributed by atoms with Gasteiger partial charge in [0.2, 0.25) is 0 Å².